The van der Waals surface area contributed by atoms with E-state index in [0.717, 1.165) is 30.4 Å². The van der Waals surface area contributed by atoms with E-state index in [2.05, 4.69) is 15.2 Å². The minimum Gasteiger partial charge on any atom is -0.467 e. The van der Waals surface area contributed by atoms with Crippen LogP contribution in [0.1, 0.15) is 10.8 Å². The average molecular weight is 333 g/mol. The highest BCUT2D eigenvalue weighted by Crippen LogP contribution is 2.34. The van der Waals surface area contributed by atoms with Crippen molar-refractivity contribution >= 4 is 17.2 Å². The number of aromatic nitrogens is 1. The van der Waals surface area contributed by atoms with Gasteiger partial charge in [0.15, 0.2) is 0 Å². The first-order valence-electron chi connectivity index (χ1n) is 7.82. The number of rotatable bonds is 5. The normalized spacial score (nSPS) is 27.2. The number of fused-ring (bicyclic) bond motifs is 1. The monoisotopic (exact) mass is 333 g/mol. The van der Waals surface area contributed by atoms with E-state index in [0.29, 0.717) is 13.2 Å². The maximum absolute atomic E-state index is 12.4. The van der Waals surface area contributed by atoms with Gasteiger partial charge in [0.1, 0.15) is 10.8 Å². The average Bonchev–Trinajstić information content (AvgIpc) is 3.30. The molecule has 2 fully saturated rings. The van der Waals surface area contributed by atoms with Crippen LogP contribution in [0.5, 0.6) is 0 Å². The molecule has 2 saturated heterocycles. The van der Waals surface area contributed by atoms with Gasteiger partial charge in [-0.2, -0.15) is 0 Å². The van der Waals surface area contributed by atoms with Gasteiger partial charge in [0.25, 0.3) is 0 Å². The fourth-order valence-corrected chi connectivity index (χ4v) is 4.09. The first-order valence-corrected chi connectivity index (χ1v) is 8.70. The van der Waals surface area contributed by atoms with Crippen molar-refractivity contribution in [2.45, 2.75) is 19.2 Å². The van der Waals surface area contributed by atoms with Gasteiger partial charge in [-0.15, -0.1) is 11.3 Å². The fraction of sp³-hybridized carbons (Fsp3) is 0.500. The van der Waals surface area contributed by atoms with E-state index in [4.69, 9.17) is 9.15 Å². The zero-order chi connectivity index (χ0) is 15.6. The molecule has 3 atom stereocenters. The molecule has 2 aliphatic heterocycles. The number of hydrogen-bond donors (Lipinski definition) is 1. The van der Waals surface area contributed by atoms with Gasteiger partial charge in [0.05, 0.1) is 38.0 Å². The van der Waals surface area contributed by atoms with E-state index < -0.39 is 0 Å². The van der Waals surface area contributed by atoms with E-state index in [9.17, 15) is 4.79 Å². The molecule has 6 nitrogen and oxygen atoms in total. The number of carbonyl (C=O) groups is 1. The molecule has 0 bridgehead atoms. The second kappa shape index (κ2) is 6.43. The van der Waals surface area contributed by atoms with Crippen LogP contribution in [0.25, 0.3) is 0 Å². The predicted octanol–water partition coefficient (Wildman–Crippen LogP) is 1.50. The molecule has 0 aliphatic carbocycles. The molecule has 23 heavy (non-hydrogen) atoms. The smallest absolute Gasteiger partial charge is 0.226 e. The molecular formula is C16H19N3O3S. The Balaban J connectivity index is 1.33. The number of nitrogens with one attached hydrogen (secondary N) is 1. The van der Waals surface area contributed by atoms with Crippen molar-refractivity contribution in [3.8, 4) is 0 Å². The van der Waals surface area contributed by atoms with Crippen molar-refractivity contribution in [2.75, 3.05) is 19.7 Å². The van der Waals surface area contributed by atoms with Crippen LogP contribution < -0.4 is 5.32 Å². The van der Waals surface area contributed by atoms with Crippen LogP contribution in [-0.4, -0.2) is 41.6 Å². The van der Waals surface area contributed by atoms with Gasteiger partial charge in [-0.3, -0.25) is 9.69 Å². The number of nitrogens with zero attached hydrogens (tertiary/aromatic N) is 2. The van der Waals surface area contributed by atoms with Gasteiger partial charge in [-0.05, 0) is 12.1 Å². The van der Waals surface area contributed by atoms with Crippen molar-refractivity contribution in [3.63, 3.8) is 0 Å². The van der Waals surface area contributed by atoms with Crippen LogP contribution in [0.2, 0.25) is 0 Å². The Bertz CT molecular complexity index is 644. The van der Waals surface area contributed by atoms with E-state index in [1.54, 1.807) is 17.6 Å². The largest absolute Gasteiger partial charge is 0.467 e. The number of carbonyl (C=O) groups excluding carboxylic acids is 1. The molecule has 1 N–H and O–H groups in total. The second-order valence-corrected chi connectivity index (χ2v) is 7.04. The topological polar surface area (TPSA) is 67.6 Å². The van der Waals surface area contributed by atoms with Gasteiger partial charge < -0.3 is 14.5 Å². The number of thiazole rings is 1. The van der Waals surface area contributed by atoms with E-state index in [1.165, 1.54) is 0 Å². The summed E-state index contributed by atoms with van der Waals surface area (Å²) in [5, 5.41) is 6.07. The third kappa shape index (κ3) is 3.17. The van der Waals surface area contributed by atoms with Crippen molar-refractivity contribution in [2.24, 2.45) is 11.8 Å². The minimum atomic E-state index is -0.0729. The number of likely N-dealkylation sites (tertiary alicyclic amines) is 1. The van der Waals surface area contributed by atoms with Crippen molar-refractivity contribution < 1.29 is 13.9 Å². The summed E-state index contributed by atoms with van der Waals surface area (Å²) in [6, 6.07) is 3.68. The third-order valence-corrected chi connectivity index (χ3v) is 5.35. The summed E-state index contributed by atoms with van der Waals surface area (Å²) in [7, 11) is 0. The summed E-state index contributed by atoms with van der Waals surface area (Å²) < 4.78 is 11.1. The van der Waals surface area contributed by atoms with Crippen LogP contribution in [0.4, 0.5) is 0 Å². The van der Waals surface area contributed by atoms with Crippen molar-refractivity contribution in [3.05, 3.63) is 40.7 Å². The Morgan fingerprint density at radius 3 is 3.22 bits per heavy atom. The van der Waals surface area contributed by atoms with Crippen molar-refractivity contribution in [1.29, 1.82) is 0 Å². The maximum atomic E-state index is 12.4. The first kappa shape index (κ1) is 14.9. The highest BCUT2D eigenvalue weighted by molar-refractivity contribution is 7.09. The van der Waals surface area contributed by atoms with E-state index in [1.807, 2.05) is 23.7 Å². The molecule has 4 heterocycles. The third-order valence-electron chi connectivity index (χ3n) is 4.59. The van der Waals surface area contributed by atoms with Crippen LogP contribution >= 0.6 is 11.3 Å². The molecule has 122 valence electrons. The molecule has 2 aromatic heterocycles. The standard InChI is InChI=1S/C16H19N3O3S/c20-16(18-6-11-2-1-4-21-11)13-10-22-14-8-19(7-12(13)14)9-15-17-3-5-23-15/h1-5,12-14H,6-10H2,(H,18,20)/t12-,13+,14-/m0/s1. The lowest BCUT2D eigenvalue weighted by Crippen LogP contribution is -2.36. The molecule has 0 radical (unpaired) electrons. The summed E-state index contributed by atoms with van der Waals surface area (Å²) in [6.07, 6.45) is 3.61. The van der Waals surface area contributed by atoms with Gasteiger partial charge >= 0.3 is 0 Å². The van der Waals surface area contributed by atoms with Gasteiger partial charge in [-0.1, -0.05) is 0 Å². The zero-order valence-corrected chi connectivity index (χ0v) is 13.5. The first-order chi connectivity index (χ1) is 11.3. The van der Waals surface area contributed by atoms with Crippen LogP contribution in [0.15, 0.2) is 34.4 Å². The number of ether oxygens (including phenoxy) is 1. The SMILES string of the molecule is O=C(NCc1ccco1)[C@@H]1CO[C@H]2CN(Cc3nccs3)C[C@H]21. The quantitative estimate of drug-likeness (QED) is 0.898. The molecular weight excluding hydrogens is 314 g/mol. The number of amides is 1. The molecule has 2 aromatic rings. The minimum absolute atomic E-state index is 0.0602. The summed E-state index contributed by atoms with van der Waals surface area (Å²) in [4.78, 5) is 19.1. The molecule has 0 spiro atoms. The molecule has 4 rings (SSSR count). The molecule has 7 heteroatoms. The van der Waals surface area contributed by atoms with Gasteiger partial charge in [-0.25, -0.2) is 4.98 Å². The summed E-state index contributed by atoms with van der Waals surface area (Å²) in [6.45, 7) is 3.57. The Morgan fingerprint density at radius 1 is 1.48 bits per heavy atom. The van der Waals surface area contributed by atoms with Crippen LogP contribution in [0, 0.1) is 11.8 Å². The number of furan rings is 1. The van der Waals surface area contributed by atoms with E-state index in [-0.39, 0.29) is 23.8 Å². The lowest BCUT2D eigenvalue weighted by Gasteiger charge is -2.18. The summed E-state index contributed by atoms with van der Waals surface area (Å²) in [5.74, 6) is 1.03. The maximum Gasteiger partial charge on any atom is 0.226 e. The van der Waals surface area contributed by atoms with Gasteiger partial charge in [0, 0.05) is 30.6 Å². The van der Waals surface area contributed by atoms with Crippen molar-refractivity contribution in [1.82, 2.24) is 15.2 Å². The predicted molar refractivity (Wildman–Crippen MR) is 84.7 cm³/mol. The highest BCUT2D eigenvalue weighted by Gasteiger charge is 2.46. The summed E-state index contributed by atoms with van der Waals surface area (Å²) >= 11 is 1.67. The van der Waals surface area contributed by atoms with Crippen LogP contribution in [0.3, 0.4) is 0 Å². The van der Waals surface area contributed by atoms with Gasteiger partial charge in [0.2, 0.25) is 5.91 Å². The Hall–Kier alpha value is -1.70. The molecule has 0 unspecified atom stereocenters. The Morgan fingerprint density at radius 2 is 2.43 bits per heavy atom. The summed E-state index contributed by atoms with van der Waals surface area (Å²) in [5.41, 5.74) is 0. The zero-order valence-electron chi connectivity index (χ0n) is 12.7. The lowest BCUT2D eigenvalue weighted by molar-refractivity contribution is -0.126. The van der Waals surface area contributed by atoms with E-state index >= 15 is 0 Å². The molecule has 2 aliphatic rings. The molecule has 1 amide bonds. The Labute approximate surface area is 138 Å². The highest BCUT2D eigenvalue weighted by atomic mass is 32.1. The fourth-order valence-electron chi connectivity index (χ4n) is 3.43. The molecule has 0 saturated carbocycles. The molecule has 0 aromatic carbocycles. The van der Waals surface area contributed by atoms with Crippen LogP contribution in [-0.2, 0) is 22.6 Å². The number of hydrogen-bond acceptors (Lipinski definition) is 6. The lowest BCUT2D eigenvalue weighted by atomic mass is 9.92. The Kier molecular flexibility index (Phi) is 4.15. The second-order valence-electron chi connectivity index (χ2n) is 6.06.